The van der Waals surface area contributed by atoms with Crippen molar-refractivity contribution in [3.63, 3.8) is 0 Å². The average Bonchev–Trinajstić information content (AvgIpc) is 3.16. The minimum absolute atomic E-state index is 0.0849. The largest absolute Gasteiger partial charge is 0.449 e. The van der Waals surface area contributed by atoms with Gasteiger partial charge in [0.25, 0.3) is 5.91 Å². The number of nitrogens with zero attached hydrogens (tertiary/aromatic N) is 4. The molecule has 6 rings (SSSR count). The van der Waals surface area contributed by atoms with E-state index in [1.54, 1.807) is 13.0 Å². The molecule has 0 unspecified atom stereocenters. The van der Waals surface area contributed by atoms with Crippen molar-refractivity contribution in [3.8, 4) is 0 Å². The Morgan fingerprint density at radius 2 is 1.74 bits per heavy atom. The topological polar surface area (TPSA) is 90.1 Å². The van der Waals surface area contributed by atoms with E-state index < -0.39 is 11.1 Å². The van der Waals surface area contributed by atoms with Gasteiger partial charge >= 0.3 is 0 Å². The summed E-state index contributed by atoms with van der Waals surface area (Å²) in [5, 5.41) is 10.1. The molecule has 2 saturated heterocycles. The number of hydrogen-bond donors (Lipinski definition) is 1. The van der Waals surface area contributed by atoms with Gasteiger partial charge in [0.2, 0.25) is 5.91 Å². The van der Waals surface area contributed by atoms with Crippen LogP contribution in [0.1, 0.15) is 89.8 Å². The molecule has 4 aliphatic rings. The molecule has 2 aromatic rings. The van der Waals surface area contributed by atoms with Crippen molar-refractivity contribution >= 4 is 28.7 Å². The van der Waals surface area contributed by atoms with E-state index in [1.165, 1.54) is 19.3 Å². The van der Waals surface area contributed by atoms with Crippen LogP contribution in [0.25, 0.3) is 11.1 Å². The number of carbonyl (C=O) groups excluding carboxylic acids is 2. The molecule has 2 saturated carbocycles. The number of aliphatic hydroxyl groups is 1. The number of pyridine rings is 1. The smallest absolute Gasteiger partial charge is 0.290 e. The molecule has 8 nitrogen and oxygen atoms in total. The third-order valence-corrected chi connectivity index (χ3v) is 9.46. The first-order valence-corrected chi connectivity index (χ1v) is 14.2. The number of aromatic nitrogens is 1. The maximum Gasteiger partial charge on any atom is 0.290 e. The van der Waals surface area contributed by atoms with Crippen LogP contribution in [-0.4, -0.2) is 75.6 Å². The summed E-state index contributed by atoms with van der Waals surface area (Å²) in [5.74, 6) is 1.08. The zero-order chi connectivity index (χ0) is 27.3. The Bertz CT molecular complexity index is 1280. The number of piperazine rings is 1. The summed E-state index contributed by atoms with van der Waals surface area (Å²) < 4.78 is 6.28. The van der Waals surface area contributed by atoms with E-state index in [2.05, 4.69) is 31.7 Å². The second-order valence-corrected chi connectivity index (χ2v) is 14.4. The van der Waals surface area contributed by atoms with E-state index >= 15 is 0 Å². The molecule has 0 aromatic carbocycles. The lowest BCUT2D eigenvalue weighted by Crippen LogP contribution is -2.63. The summed E-state index contributed by atoms with van der Waals surface area (Å²) in [7, 11) is 0. The molecule has 0 bridgehead atoms. The van der Waals surface area contributed by atoms with E-state index in [1.807, 2.05) is 23.6 Å². The Balaban J connectivity index is 1.23. The van der Waals surface area contributed by atoms with Gasteiger partial charge in [-0.15, -0.1) is 0 Å². The molecular formula is C30H42N4O4. The van der Waals surface area contributed by atoms with Gasteiger partial charge in [-0.25, -0.2) is 4.98 Å². The molecule has 206 valence electrons. The number of hydrogen-bond acceptors (Lipinski definition) is 6. The van der Waals surface area contributed by atoms with Gasteiger partial charge in [-0.2, -0.15) is 0 Å². The Morgan fingerprint density at radius 3 is 2.29 bits per heavy atom. The van der Waals surface area contributed by atoms with Crippen molar-refractivity contribution in [2.45, 2.75) is 90.2 Å². The number of anilines is 1. The maximum atomic E-state index is 13.8. The lowest BCUT2D eigenvalue weighted by Gasteiger charge is -2.56. The number of carbonyl (C=O) groups is 2. The third kappa shape index (κ3) is 4.19. The van der Waals surface area contributed by atoms with Gasteiger partial charge in [-0.1, -0.05) is 27.2 Å². The molecule has 0 radical (unpaired) electrons. The quantitative estimate of drug-likeness (QED) is 0.645. The van der Waals surface area contributed by atoms with Crippen LogP contribution in [0.2, 0.25) is 0 Å². The molecule has 1 N–H and O–H groups in total. The minimum Gasteiger partial charge on any atom is -0.449 e. The van der Waals surface area contributed by atoms with Crippen molar-refractivity contribution in [3.05, 3.63) is 23.5 Å². The first kappa shape index (κ1) is 25.7. The molecule has 8 heteroatoms. The number of rotatable bonds is 3. The lowest BCUT2D eigenvalue weighted by molar-refractivity contribution is -0.153. The van der Waals surface area contributed by atoms with E-state index in [9.17, 15) is 14.7 Å². The van der Waals surface area contributed by atoms with Gasteiger partial charge in [0.05, 0.1) is 11.1 Å². The highest BCUT2D eigenvalue weighted by Crippen LogP contribution is 2.50. The Labute approximate surface area is 225 Å². The fourth-order valence-electron chi connectivity index (χ4n) is 7.04. The summed E-state index contributed by atoms with van der Waals surface area (Å²) in [6.07, 6.45) is 4.99. The van der Waals surface area contributed by atoms with Crippen LogP contribution in [0, 0.1) is 11.3 Å². The fourth-order valence-corrected chi connectivity index (χ4v) is 7.04. The van der Waals surface area contributed by atoms with E-state index in [-0.39, 0.29) is 23.1 Å². The van der Waals surface area contributed by atoms with E-state index in [4.69, 9.17) is 9.40 Å². The third-order valence-electron chi connectivity index (χ3n) is 9.46. The molecule has 2 amide bonds. The summed E-state index contributed by atoms with van der Waals surface area (Å²) in [6, 6.07) is 3.96. The highest BCUT2D eigenvalue weighted by Gasteiger charge is 2.49. The fraction of sp³-hybridized carbons (Fsp3) is 0.700. The Morgan fingerprint density at radius 1 is 1.05 bits per heavy atom. The first-order chi connectivity index (χ1) is 17.7. The predicted octanol–water partition coefficient (Wildman–Crippen LogP) is 4.34. The predicted molar refractivity (Wildman–Crippen MR) is 146 cm³/mol. The van der Waals surface area contributed by atoms with Crippen LogP contribution in [0.4, 0.5) is 5.82 Å². The number of amides is 2. The molecule has 2 aromatic heterocycles. The van der Waals surface area contributed by atoms with Crippen LogP contribution in [0.5, 0.6) is 0 Å². The van der Waals surface area contributed by atoms with Gasteiger partial charge in [0, 0.05) is 55.7 Å². The van der Waals surface area contributed by atoms with Crippen LogP contribution in [-0.2, 0) is 10.2 Å². The average molecular weight is 523 g/mol. The summed E-state index contributed by atoms with van der Waals surface area (Å²) in [6.45, 7) is 15.8. The van der Waals surface area contributed by atoms with Crippen molar-refractivity contribution in [1.82, 2.24) is 14.8 Å². The lowest BCUT2D eigenvalue weighted by atomic mass is 9.63. The number of furan rings is 1. The van der Waals surface area contributed by atoms with Gasteiger partial charge in [-0.05, 0) is 57.9 Å². The van der Waals surface area contributed by atoms with Gasteiger partial charge < -0.3 is 24.2 Å². The molecule has 2 aliphatic carbocycles. The summed E-state index contributed by atoms with van der Waals surface area (Å²) in [5.41, 5.74) is 1.55. The molecule has 38 heavy (non-hydrogen) atoms. The zero-order valence-corrected chi connectivity index (χ0v) is 23.8. The second kappa shape index (κ2) is 8.20. The van der Waals surface area contributed by atoms with Gasteiger partial charge in [0.15, 0.2) is 11.3 Å². The normalized spacial score (nSPS) is 28.2. The molecule has 2 aliphatic heterocycles. The van der Waals surface area contributed by atoms with Crippen LogP contribution >= 0.6 is 0 Å². The molecule has 1 spiro atoms. The monoisotopic (exact) mass is 522 g/mol. The van der Waals surface area contributed by atoms with Gasteiger partial charge in [0.1, 0.15) is 11.3 Å². The summed E-state index contributed by atoms with van der Waals surface area (Å²) >= 11 is 0. The maximum absolute atomic E-state index is 13.8. The SMILES string of the molecule is CC1(O)CC(C(=O)N2CCN(C(=O)c3cc4nc(N5CC6(CCC6)C5)cc(C(C)(C)C)c4o3)C(C)(C)C2)C1. The highest BCUT2D eigenvalue weighted by atomic mass is 16.3. The van der Waals surface area contributed by atoms with Crippen molar-refractivity contribution in [2.75, 3.05) is 37.6 Å². The van der Waals surface area contributed by atoms with Crippen LogP contribution in [0.15, 0.2) is 16.5 Å². The number of fused-ring (bicyclic) bond motifs is 1. The van der Waals surface area contributed by atoms with Crippen LogP contribution in [0.3, 0.4) is 0 Å². The van der Waals surface area contributed by atoms with E-state index in [0.29, 0.717) is 49.2 Å². The van der Waals surface area contributed by atoms with Crippen molar-refractivity contribution < 1.29 is 19.1 Å². The molecular weight excluding hydrogens is 480 g/mol. The molecule has 4 heterocycles. The Hall–Kier alpha value is -2.61. The molecule has 4 fully saturated rings. The van der Waals surface area contributed by atoms with E-state index in [0.717, 1.165) is 30.0 Å². The zero-order valence-electron chi connectivity index (χ0n) is 23.8. The standard InChI is InChI=1S/C30H42N4O4/c1-27(2,3)20-12-23(33-17-30(18-33)8-7-9-30)31-21-13-22(38-24(20)21)26(36)34-11-10-32(16-28(34,4)5)25(35)19-14-29(6,37)15-19/h12-13,19,37H,7-11,14-18H2,1-6H3. The summed E-state index contributed by atoms with van der Waals surface area (Å²) in [4.78, 5) is 37.8. The highest BCUT2D eigenvalue weighted by molar-refractivity contribution is 5.97. The second-order valence-electron chi connectivity index (χ2n) is 14.4. The van der Waals surface area contributed by atoms with Crippen molar-refractivity contribution in [1.29, 1.82) is 0 Å². The van der Waals surface area contributed by atoms with Crippen LogP contribution < -0.4 is 4.90 Å². The van der Waals surface area contributed by atoms with Crippen molar-refractivity contribution in [2.24, 2.45) is 11.3 Å². The first-order valence-electron chi connectivity index (χ1n) is 14.2. The minimum atomic E-state index is -0.733. The van der Waals surface area contributed by atoms with Gasteiger partial charge in [-0.3, -0.25) is 9.59 Å². The Kier molecular flexibility index (Phi) is 5.53. The molecule has 0 atom stereocenters.